The number of hydrogen-bond acceptors (Lipinski definition) is 1. The lowest BCUT2D eigenvalue weighted by Crippen LogP contribution is -2.31. The highest BCUT2D eigenvalue weighted by Gasteiger charge is 2.22. The second-order valence-electron chi connectivity index (χ2n) is 9.19. The molecule has 0 aliphatic rings. The Hall–Kier alpha value is -3.13. The van der Waals surface area contributed by atoms with Crippen molar-refractivity contribution >= 4 is 32.7 Å². The molecule has 5 aromatic rings. The highest BCUT2D eigenvalue weighted by molar-refractivity contribution is 6.17. The molecule has 0 aliphatic carbocycles. The first-order valence-corrected chi connectivity index (χ1v) is 10.4. The minimum absolute atomic E-state index is 0.524. The SMILES string of the molecule is [2H]C([2H])(c1cc[n+](C)c(-c2c(C)ccc3c2oc2c4ccccc4ccc32)c1)C(C)(C)C. The molecule has 2 heterocycles. The highest BCUT2D eigenvalue weighted by Crippen LogP contribution is 2.39. The number of benzene rings is 3. The first-order valence-electron chi connectivity index (χ1n) is 11.4. The van der Waals surface area contributed by atoms with Gasteiger partial charge in [-0.3, -0.25) is 0 Å². The lowest BCUT2D eigenvalue weighted by atomic mass is 9.88. The minimum atomic E-state index is -1.47. The smallest absolute Gasteiger partial charge is 0.216 e. The standard InChI is InChI=1S/C28H28NO/c1-18-10-12-23-22-13-11-20-8-6-7-9-21(20)26(22)30-27(23)25(18)24-16-19(14-15-29(24)5)17-28(2,3)4/h6-16H,17H2,1-5H3/q+1/i17D2. The van der Waals surface area contributed by atoms with Crippen molar-refractivity contribution in [3.63, 3.8) is 0 Å². The highest BCUT2D eigenvalue weighted by atomic mass is 16.3. The van der Waals surface area contributed by atoms with Gasteiger partial charge < -0.3 is 4.42 Å². The predicted octanol–water partition coefficient (Wildman–Crippen LogP) is 7.13. The Morgan fingerprint density at radius 3 is 2.43 bits per heavy atom. The van der Waals surface area contributed by atoms with Crippen LogP contribution in [0.1, 0.15) is 34.6 Å². The maximum absolute atomic E-state index is 8.78. The van der Waals surface area contributed by atoms with Crippen molar-refractivity contribution in [1.82, 2.24) is 0 Å². The molecular weight excluding hydrogens is 366 g/mol. The van der Waals surface area contributed by atoms with Gasteiger partial charge in [0.2, 0.25) is 5.69 Å². The Morgan fingerprint density at radius 2 is 1.63 bits per heavy atom. The monoisotopic (exact) mass is 396 g/mol. The summed E-state index contributed by atoms with van der Waals surface area (Å²) in [5, 5.41) is 4.44. The number of rotatable bonds is 2. The molecule has 2 aromatic heterocycles. The molecule has 150 valence electrons. The van der Waals surface area contributed by atoms with Gasteiger partial charge in [0.15, 0.2) is 6.20 Å². The second kappa shape index (κ2) is 6.70. The van der Waals surface area contributed by atoms with Crippen molar-refractivity contribution in [1.29, 1.82) is 0 Å². The van der Waals surface area contributed by atoms with E-state index in [4.69, 9.17) is 7.16 Å². The van der Waals surface area contributed by atoms with Crippen LogP contribution < -0.4 is 4.57 Å². The molecule has 2 nitrogen and oxygen atoms in total. The summed E-state index contributed by atoms with van der Waals surface area (Å²) >= 11 is 0. The third kappa shape index (κ3) is 3.08. The molecule has 0 bridgehead atoms. The molecule has 5 rings (SSSR count). The summed E-state index contributed by atoms with van der Waals surface area (Å²) in [5.41, 5.74) is 4.96. The Labute approximate surface area is 180 Å². The molecule has 0 unspecified atom stereocenters. The van der Waals surface area contributed by atoms with E-state index in [9.17, 15) is 0 Å². The number of aromatic nitrogens is 1. The lowest BCUT2D eigenvalue weighted by molar-refractivity contribution is -0.660. The fraction of sp³-hybridized carbons (Fsp3) is 0.250. The van der Waals surface area contributed by atoms with Crippen LogP contribution in [0.2, 0.25) is 0 Å². The van der Waals surface area contributed by atoms with Crippen LogP contribution in [0.4, 0.5) is 0 Å². The van der Waals surface area contributed by atoms with Gasteiger partial charge in [-0.1, -0.05) is 63.2 Å². The van der Waals surface area contributed by atoms with E-state index in [1.807, 2.05) is 58.3 Å². The van der Waals surface area contributed by atoms with Crippen LogP contribution >= 0.6 is 0 Å². The van der Waals surface area contributed by atoms with Crippen molar-refractivity contribution in [3.8, 4) is 11.3 Å². The molecular formula is C28H28NO+. The molecule has 2 heteroatoms. The van der Waals surface area contributed by atoms with E-state index in [0.29, 0.717) is 5.56 Å². The van der Waals surface area contributed by atoms with Gasteiger partial charge >= 0.3 is 0 Å². The second-order valence-corrected chi connectivity index (χ2v) is 9.19. The molecule has 0 saturated heterocycles. The summed E-state index contributed by atoms with van der Waals surface area (Å²) in [4.78, 5) is 0. The first-order chi connectivity index (χ1) is 15.1. The maximum Gasteiger partial charge on any atom is 0.216 e. The van der Waals surface area contributed by atoms with Gasteiger partial charge in [-0.05, 0) is 41.3 Å². The molecule has 0 fully saturated rings. The fourth-order valence-corrected chi connectivity index (χ4v) is 4.31. The van der Waals surface area contributed by atoms with Crippen LogP contribution in [0.3, 0.4) is 0 Å². The van der Waals surface area contributed by atoms with Gasteiger partial charge in [-0.15, -0.1) is 0 Å². The van der Waals surface area contributed by atoms with Gasteiger partial charge in [-0.2, -0.15) is 0 Å². The molecule has 0 amide bonds. The minimum Gasteiger partial charge on any atom is -0.454 e. The summed E-state index contributed by atoms with van der Waals surface area (Å²) in [5.74, 6) is 0. The van der Waals surface area contributed by atoms with E-state index in [-0.39, 0.29) is 0 Å². The van der Waals surface area contributed by atoms with E-state index >= 15 is 0 Å². The van der Waals surface area contributed by atoms with Crippen LogP contribution in [-0.2, 0) is 13.4 Å². The topological polar surface area (TPSA) is 17.0 Å². The molecule has 0 radical (unpaired) electrons. The zero-order chi connectivity index (χ0) is 22.8. The van der Waals surface area contributed by atoms with Crippen molar-refractivity contribution in [2.75, 3.05) is 0 Å². The summed E-state index contributed by atoms with van der Waals surface area (Å²) in [6.45, 7) is 7.91. The maximum atomic E-state index is 8.78. The quantitative estimate of drug-likeness (QED) is 0.290. The van der Waals surface area contributed by atoms with Crippen molar-refractivity contribution < 1.29 is 11.7 Å². The van der Waals surface area contributed by atoms with E-state index in [2.05, 4.69) is 47.9 Å². The van der Waals surface area contributed by atoms with E-state index in [1.54, 1.807) is 0 Å². The van der Waals surface area contributed by atoms with Gasteiger partial charge in [0, 0.05) is 31.0 Å². The normalized spacial score (nSPS) is 13.8. The van der Waals surface area contributed by atoms with Crippen molar-refractivity contribution in [2.45, 2.75) is 34.1 Å². The summed E-state index contributed by atoms with van der Waals surface area (Å²) in [7, 11) is 2.00. The number of aryl methyl sites for hydroxylation is 2. The Balaban J connectivity index is 1.84. The largest absolute Gasteiger partial charge is 0.454 e. The average molecular weight is 397 g/mol. The summed E-state index contributed by atoms with van der Waals surface area (Å²) in [6.07, 6.45) is 0.479. The third-order valence-electron chi connectivity index (χ3n) is 5.67. The van der Waals surface area contributed by atoms with Crippen LogP contribution in [0, 0.1) is 12.3 Å². The van der Waals surface area contributed by atoms with Gasteiger partial charge in [0.25, 0.3) is 0 Å². The van der Waals surface area contributed by atoms with Crippen LogP contribution in [-0.4, -0.2) is 0 Å². The first kappa shape index (κ1) is 16.6. The number of nitrogens with zero attached hydrogens (tertiary/aromatic N) is 1. The average Bonchev–Trinajstić information content (AvgIpc) is 3.12. The number of hydrogen-bond donors (Lipinski definition) is 0. The zero-order valence-corrected chi connectivity index (χ0v) is 18.2. The number of fused-ring (bicyclic) bond motifs is 5. The third-order valence-corrected chi connectivity index (χ3v) is 5.67. The fourth-order valence-electron chi connectivity index (χ4n) is 4.31. The Bertz CT molecular complexity index is 1510. The van der Waals surface area contributed by atoms with Crippen LogP contribution in [0.25, 0.3) is 44.0 Å². The van der Waals surface area contributed by atoms with E-state index in [0.717, 1.165) is 49.5 Å². The Kier molecular flexibility index (Phi) is 3.72. The number of furan rings is 1. The van der Waals surface area contributed by atoms with E-state index < -0.39 is 11.8 Å². The molecule has 0 aliphatic heterocycles. The lowest BCUT2D eigenvalue weighted by Gasteiger charge is -2.18. The molecule has 0 atom stereocenters. The molecule has 0 N–H and O–H groups in total. The van der Waals surface area contributed by atoms with Crippen LogP contribution in [0.5, 0.6) is 0 Å². The summed E-state index contributed by atoms with van der Waals surface area (Å²) < 4.78 is 26.2. The molecule has 3 aromatic carbocycles. The summed E-state index contributed by atoms with van der Waals surface area (Å²) in [6, 6.07) is 20.7. The van der Waals surface area contributed by atoms with Crippen molar-refractivity contribution in [2.24, 2.45) is 12.5 Å². The molecule has 0 saturated carbocycles. The van der Waals surface area contributed by atoms with Gasteiger partial charge in [0.05, 0.1) is 5.56 Å². The van der Waals surface area contributed by atoms with Crippen LogP contribution in [0.15, 0.2) is 71.3 Å². The number of pyridine rings is 1. The Morgan fingerprint density at radius 1 is 0.900 bits per heavy atom. The van der Waals surface area contributed by atoms with Crippen molar-refractivity contribution in [3.05, 3.63) is 78.0 Å². The zero-order valence-electron chi connectivity index (χ0n) is 20.2. The van der Waals surface area contributed by atoms with Gasteiger partial charge in [-0.25, -0.2) is 4.57 Å². The van der Waals surface area contributed by atoms with Gasteiger partial charge in [0.1, 0.15) is 18.2 Å². The predicted molar refractivity (Wildman–Crippen MR) is 126 cm³/mol. The van der Waals surface area contributed by atoms with E-state index in [1.165, 1.54) is 0 Å². The molecule has 0 spiro atoms. The molecule has 30 heavy (non-hydrogen) atoms.